The molecule has 0 atom stereocenters. The van der Waals surface area contributed by atoms with Gasteiger partial charge in [0.05, 0.1) is 17.1 Å². The predicted octanol–water partition coefficient (Wildman–Crippen LogP) is 3.18. The number of carbonyl (C=O) groups is 1. The molecule has 1 amide bonds. The molecular weight excluding hydrogens is 362 g/mol. The van der Waals surface area contributed by atoms with E-state index in [4.69, 9.17) is 0 Å². The molecule has 27 heavy (non-hydrogen) atoms. The highest BCUT2D eigenvalue weighted by Gasteiger charge is 2.21. The van der Waals surface area contributed by atoms with Gasteiger partial charge in [0.2, 0.25) is 5.91 Å². The zero-order chi connectivity index (χ0) is 19.9. The minimum atomic E-state index is -3.71. The van der Waals surface area contributed by atoms with Crippen LogP contribution in [-0.4, -0.2) is 46.4 Å². The van der Waals surface area contributed by atoms with Crippen molar-refractivity contribution in [2.24, 2.45) is 0 Å². The smallest absolute Gasteiger partial charge is 0.264 e. The van der Waals surface area contributed by atoms with E-state index in [-0.39, 0.29) is 17.3 Å². The minimum Gasteiger partial charge on any atom is -0.325 e. The number of nitrogens with one attached hydrogen (secondary N) is 1. The Kier molecular flexibility index (Phi) is 7.38. The van der Waals surface area contributed by atoms with Gasteiger partial charge in [-0.1, -0.05) is 37.6 Å². The Morgan fingerprint density at radius 3 is 2.41 bits per heavy atom. The summed E-state index contributed by atoms with van der Waals surface area (Å²) in [6, 6.07) is 15.2. The normalized spacial score (nSPS) is 11.4. The molecule has 2 aromatic rings. The number of hydrogen-bond donors (Lipinski definition) is 1. The summed E-state index contributed by atoms with van der Waals surface area (Å²) in [6.45, 7) is 3.22. The number of sulfonamides is 1. The number of rotatable bonds is 9. The predicted molar refractivity (Wildman–Crippen MR) is 110 cm³/mol. The second kappa shape index (κ2) is 9.53. The zero-order valence-corrected chi connectivity index (χ0v) is 16.9. The number of benzene rings is 2. The third-order valence-corrected chi connectivity index (χ3v) is 5.98. The van der Waals surface area contributed by atoms with Crippen LogP contribution < -0.4 is 9.62 Å². The van der Waals surface area contributed by atoms with Gasteiger partial charge in [-0.25, -0.2) is 8.42 Å². The number of amides is 1. The van der Waals surface area contributed by atoms with E-state index in [9.17, 15) is 13.2 Å². The maximum Gasteiger partial charge on any atom is 0.264 e. The summed E-state index contributed by atoms with van der Waals surface area (Å²) < 4.78 is 27.0. The number of likely N-dealkylation sites (N-methyl/N-ethyl adjacent to an activating group) is 1. The van der Waals surface area contributed by atoms with E-state index in [2.05, 4.69) is 12.2 Å². The van der Waals surface area contributed by atoms with Gasteiger partial charge in [-0.2, -0.15) is 0 Å². The lowest BCUT2D eigenvalue weighted by Gasteiger charge is -2.20. The number of nitrogens with zero attached hydrogens (tertiary/aromatic N) is 2. The second-order valence-electron chi connectivity index (χ2n) is 6.48. The van der Waals surface area contributed by atoms with Gasteiger partial charge in [-0.3, -0.25) is 14.0 Å². The Morgan fingerprint density at radius 2 is 1.74 bits per heavy atom. The Labute approximate surface area is 161 Å². The monoisotopic (exact) mass is 389 g/mol. The maximum atomic E-state index is 12.9. The molecule has 0 spiro atoms. The molecule has 0 unspecified atom stereocenters. The Hall–Kier alpha value is -2.38. The lowest BCUT2D eigenvalue weighted by Crippen LogP contribution is -2.31. The molecule has 6 nitrogen and oxygen atoms in total. The largest absolute Gasteiger partial charge is 0.325 e. The van der Waals surface area contributed by atoms with Crippen LogP contribution in [0.25, 0.3) is 0 Å². The first-order valence-electron chi connectivity index (χ1n) is 8.97. The average Bonchev–Trinajstić information content (AvgIpc) is 2.66. The van der Waals surface area contributed by atoms with Crippen molar-refractivity contribution in [1.82, 2.24) is 4.90 Å². The van der Waals surface area contributed by atoms with Gasteiger partial charge in [-0.05, 0) is 50.3 Å². The number of anilines is 2. The summed E-state index contributed by atoms with van der Waals surface area (Å²) in [5, 5.41) is 2.78. The Morgan fingerprint density at radius 1 is 1.04 bits per heavy atom. The molecule has 146 valence electrons. The van der Waals surface area contributed by atoms with Gasteiger partial charge in [-0.15, -0.1) is 0 Å². The minimum absolute atomic E-state index is 0.131. The van der Waals surface area contributed by atoms with Gasteiger partial charge >= 0.3 is 0 Å². The Balaban J connectivity index is 2.11. The first kappa shape index (κ1) is 20.9. The molecule has 7 heteroatoms. The van der Waals surface area contributed by atoms with Crippen molar-refractivity contribution >= 4 is 27.3 Å². The molecule has 0 fully saturated rings. The summed E-state index contributed by atoms with van der Waals surface area (Å²) in [5.74, 6) is -0.167. The number of hydrogen-bond acceptors (Lipinski definition) is 4. The van der Waals surface area contributed by atoms with Crippen molar-refractivity contribution in [2.45, 2.75) is 24.7 Å². The summed E-state index contributed by atoms with van der Waals surface area (Å²) >= 11 is 0. The van der Waals surface area contributed by atoms with Crippen LogP contribution in [0.2, 0.25) is 0 Å². The molecule has 1 N–H and O–H groups in total. The summed E-state index contributed by atoms with van der Waals surface area (Å²) in [6.07, 6.45) is 2.10. The van der Waals surface area contributed by atoms with E-state index in [1.807, 2.05) is 18.0 Å². The molecule has 2 aromatic carbocycles. The quantitative estimate of drug-likeness (QED) is 0.715. The van der Waals surface area contributed by atoms with Crippen molar-refractivity contribution in [3.05, 3.63) is 54.6 Å². The summed E-state index contributed by atoms with van der Waals surface area (Å²) in [4.78, 5) is 14.3. The molecule has 2 rings (SSSR count). The van der Waals surface area contributed by atoms with Crippen LogP contribution >= 0.6 is 0 Å². The molecule has 0 aromatic heterocycles. The van der Waals surface area contributed by atoms with E-state index in [0.29, 0.717) is 11.4 Å². The van der Waals surface area contributed by atoms with Gasteiger partial charge in [0.1, 0.15) is 0 Å². The van der Waals surface area contributed by atoms with E-state index >= 15 is 0 Å². The van der Waals surface area contributed by atoms with Gasteiger partial charge in [0.15, 0.2) is 0 Å². The van der Waals surface area contributed by atoms with Crippen LogP contribution in [0.5, 0.6) is 0 Å². The lowest BCUT2D eigenvalue weighted by atomic mass is 10.3. The van der Waals surface area contributed by atoms with Crippen LogP contribution in [-0.2, 0) is 14.8 Å². The van der Waals surface area contributed by atoms with Gasteiger partial charge in [0, 0.05) is 12.7 Å². The van der Waals surface area contributed by atoms with Crippen LogP contribution in [0.15, 0.2) is 59.5 Å². The van der Waals surface area contributed by atoms with Crippen molar-refractivity contribution in [3.63, 3.8) is 0 Å². The molecule has 0 aliphatic heterocycles. The number of para-hydroxylation sites is 1. The zero-order valence-electron chi connectivity index (χ0n) is 16.1. The van der Waals surface area contributed by atoms with Crippen molar-refractivity contribution < 1.29 is 13.2 Å². The SMILES string of the molecule is CCCCN(C)CC(=O)Nc1cccc(S(=O)(=O)N(C)c2ccccc2)c1. The molecule has 0 bridgehead atoms. The second-order valence-corrected chi connectivity index (χ2v) is 8.44. The third kappa shape index (κ3) is 5.80. The highest BCUT2D eigenvalue weighted by atomic mass is 32.2. The third-order valence-electron chi connectivity index (χ3n) is 4.20. The van der Waals surface area contributed by atoms with Crippen molar-refractivity contribution in [1.29, 1.82) is 0 Å². The highest BCUT2D eigenvalue weighted by Crippen LogP contribution is 2.23. The molecule has 0 aliphatic carbocycles. The van der Waals surface area contributed by atoms with E-state index in [1.165, 1.54) is 23.5 Å². The van der Waals surface area contributed by atoms with E-state index in [1.54, 1.807) is 36.4 Å². The molecule has 0 aliphatic rings. The van der Waals surface area contributed by atoms with Crippen LogP contribution in [0.1, 0.15) is 19.8 Å². The topological polar surface area (TPSA) is 69.7 Å². The number of carbonyl (C=O) groups excluding carboxylic acids is 1. The molecule has 0 saturated heterocycles. The van der Waals surface area contributed by atoms with Crippen LogP contribution in [0, 0.1) is 0 Å². The van der Waals surface area contributed by atoms with Crippen molar-refractivity contribution in [2.75, 3.05) is 36.8 Å². The lowest BCUT2D eigenvalue weighted by molar-refractivity contribution is -0.117. The first-order valence-corrected chi connectivity index (χ1v) is 10.4. The first-order chi connectivity index (χ1) is 12.8. The molecular formula is C20H27N3O3S. The fraction of sp³-hybridized carbons (Fsp3) is 0.350. The van der Waals surface area contributed by atoms with Gasteiger partial charge < -0.3 is 5.32 Å². The van der Waals surface area contributed by atoms with Crippen LogP contribution in [0.3, 0.4) is 0 Å². The average molecular weight is 390 g/mol. The Bertz CT molecular complexity index is 854. The highest BCUT2D eigenvalue weighted by molar-refractivity contribution is 7.92. The molecule has 0 saturated carbocycles. The molecule has 0 radical (unpaired) electrons. The summed E-state index contributed by atoms with van der Waals surface area (Å²) in [7, 11) is -0.307. The molecule has 0 heterocycles. The fourth-order valence-corrected chi connectivity index (χ4v) is 3.86. The fourth-order valence-electron chi connectivity index (χ4n) is 2.62. The summed E-state index contributed by atoms with van der Waals surface area (Å²) in [5.41, 5.74) is 1.04. The van der Waals surface area contributed by atoms with E-state index in [0.717, 1.165) is 19.4 Å². The number of unbranched alkanes of at least 4 members (excludes halogenated alkanes) is 1. The van der Waals surface area contributed by atoms with Gasteiger partial charge in [0.25, 0.3) is 10.0 Å². The van der Waals surface area contributed by atoms with Crippen LogP contribution in [0.4, 0.5) is 11.4 Å². The standard InChI is InChI=1S/C20H27N3O3S/c1-4-5-14-22(2)16-20(24)21-17-10-9-13-19(15-17)27(25,26)23(3)18-11-7-6-8-12-18/h6-13,15H,4-5,14,16H2,1-3H3,(H,21,24). The van der Waals surface area contributed by atoms with E-state index < -0.39 is 10.0 Å². The van der Waals surface area contributed by atoms with Crippen molar-refractivity contribution in [3.8, 4) is 0 Å². The maximum absolute atomic E-state index is 12.9.